The zero-order valence-electron chi connectivity index (χ0n) is 13.7. The Bertz CT molecular complexity index is 553. The molecule has 3 rings (SSSR count). The average Bonchev–Trinajstić information content (AvgIpc) is 2.59. The molecule has 1 aromatic rings. The van der Waals surface area contributed by atoms with Gasteiger partial charge in [0.25, 0.3) is 5.91 Å². The molecule has 2 heterocycles. The van der Waals surface area contributed by atoms with E-state index in [0.717, 1.165) is 44.5 Å². The van der Waals surface area contributed by atoms with E-state index in [9.17, 15) is 9.59 Å². The van der Waals surface area contributed by atoms with Gasteiger partial charge in [-0.15, -0.1) is 0 Å². The average molecular weight is 315 g/mol. The molecule has 0 spiro atoms. The van der Waals surface area contributed by atoms with Crippen molar-refractivity contribution in [1.82, 2.24) is 15.1 Å². The number of carbonyl (C=O) groups excluding carboxylic acids is 2. The minimum absolute atomic E-state index is 0.132. The highest BCUT2D eigenvalue weighted by Crippen LogP contribution is 2.17. The molecule has 0 unspecified atom stereocenters. The summed E-state index contributed by atoms with van der Waals surface area (Å²) in [6.07, 6.45) is 3.52. The third-order valence-electron chi connectivity index (χ3n) is 4.90. The van der Waals surface area contributed by atoms with Crippen LogP contribution in [0.15, 0.2) is 30.3 Å². The van der Waals surface area contributed by atoms with Gasteiger partial charge >= 0.3 is 0 Å². The summed E-state index contributed by atoms with van der Waals surface area (Å²) in [4.78, 5) is 27.7. The molecule has 0 saturated carbocycles. The van der Waals surface area contributed by atoms with Crippen LogP contribution in [0.2, 0.25) is 0 Å². The Balaban J connectivity index is 1.47. The van der Waals surface area contributed by atoms with E-state index >= 15 is 0 Å². The van der Waals surface area contributed by atoms with Gasteiger partial charge in [-0.2, -0.15) is 0 Å². The lowest BCUT2D eigenvalue weighted by Crippen LogP contribution is -2.53. The third-order valence-corrected chi connectivity index (χ3v) is 4.90. The summed E-state index contributed by atoms with van der Waals surface area (Å²) in [6.45, 7) is 2.39. The lowest BCUT2D eigenvalue weighted by atomic mass is 9.99. The molecule has 5 heteroatoms. The maximum Gasteiger partial charge on any atom is 0.253 e. The fourth-order valence-corrected chi connectivity index (χ4v) is 3.49. The zero-order valence-corrected chi connectivity index (χ0v) is 13.7. The molecule has 1 atom stereocenters. The molecule has 0 aromatic heterocycles. The summed E-state index contributed by atoms with van der Waals surface area (Å²) in [5.74, 6) is 0.373. The van der Waals surface area contributed by atoms with Crippen molar-refractivity contribution in [2.45, 2.75) is 37.8 Å². The number of hydrogen-bond acceptors (Lipinski definition) is 3. The molecule has 0 aliphatic carbocycles. The molecule has 2 amide bonds. The number of carbonyl (C=O) groups is 2. The zero-order chi connectivity index (χ0) is 16.2. The Morgan fingerprint density at radius 1 is 1.09 bits per heavy atom. The molecule has 2 saturated heterocycles. The Labute approximate surface area is 137 Å². The van der Waals surface area contributed by atoms with Gasteiger partial charge in [0.2, 0.25) is 5.91 Å². The van der Waals surface area contributed by atoms with Crippen molar-refractivity contribution >= 4 is 11.8 Å². The summed E-state index contributed by atoms with van der Waals surface area (Å²) in [5.41, 5.74) is 0.770. The highest BCUT2D eigenvalue weighted by Gasteiger charge is 2.28. The van der Waals surface area contributed by atoms with Gasteiger partial charge in [0.1, 0.15) is 0 Å². The fraction of sp³-hybridized carbons (Fsp3) is 0.556. The smallest absolute Gasteiger partial charge is 0.253 e. The summed E-state index contributed by atoms with van der Waals surface area (Å²) >= 11 is 0. The van der Waals surface area contributed by atoms with E-state index < -0.39 is 0 Å². The number of nitrogens with one attached hydrogen (secondary N) is 1. The van der Waals surface area contributed by atoms with Crippen LogP contribution in [0.25, 0.3) is 0 Å². The van der Waals surface area contributed by atoms with Gasteiger partial charge in [0, 0.05) is 50.7 Å². The number of benzene rings is 1. The number of amides is 2. The van der Waals surface area contributed by atoms with Crippen molar-refractivity contribution < 1.29 is 9.59 Å². The minimum atomic E-state index is 0.132. The van der Waals surface area contributed by atoms with E-state index in [2.05, 4.69) is 5.32 Å². The van der Waals surface area contributed by atoms with Crippen LogP contribution < -0.4 is 5.32 Å². The molecule has 5 nitrogen and oxygen atoms in total. The van der Waals surface area contributed by atoms with Gasteiger partial charge < -0.3 is 15.1 Å². The first-order valence-electron chi connectivity index (χ1n) is 8.48. The monoisotopic (exact) mass is 315 g/mol. The normalized spacial score (nSPS) is 23.2. The van der Waals surface area contributed by atoms with Gasteiger partial charge in [0.05, 0.1) is 0 Å². The summed E-state index contributed by atoms with van der Waals surface area (Å²) < 4.78 is 0. The lowest BCUT2D eigenvalue weighted by molar-refractivity contribution is -0.132. The van der Waals surface area contributed by atoms with Crippen LogP contribution in [0.4, 0.5) is 0 Å². The third kappa shape index (κ3) is 3.91. The lowest BCUT2D eigenvalue weighted by Gasteiger charge is -2.37. The second-order valence-electron chi connectivity index (χ2n) is 6.61. The van der Waals surface area contributed by atoms with Crippen molar-refractivity contribution in [3.63, 3.8) is 0 Å². The highest BCUT2D eigenvalue weighted by atomic mass is 16.2. The molecule has 0 bridgehead atoms. The van der Waals surface area contributed by atoms with E-state index in [-0.39, 0.29) is 11.8 Å². The van der Waals surface area contributed by atoms with Crippen LogP contribution >= 0.6 is 0 Å². The Hall–Kier alpha value is -1.88. The second kappa shape index (κ2) is 7.13. The number of likely N-dealkylation sites (tertiary alicyclic amines) is 2. The predicted octanol–water partition coefficient (Wildman–Crippen LogP) is 1.50. The molecule has 1 aromatic carbocycles. The number of hydrogen-bond donors (Lipinski definition) is 1. The first-order chi connectivity index (χ1) is 11.1. The quantitative estimate of drug-likeness (QED) is 0.920. The van der Waals surface area contributed by atoms with Crippen LogP contribution in [-0.4, -0.2) is 60.4 Å². The van der Waals surface area contributed by atoms with Crippen LogP contribution in [0.5, 0.6) is 0 Å². The Morgan fingerprint density at radius 2 is 1.78 bits per heavy atom. The van der Waals surface area contributed by atoms with E-state index in [0.29, 0.717) is 18.5 Å². The SMILES string of the molecule is CN1C[C@@H](NC2CCN(C(=O)c3ccccc3)CC2)CCC1=O. The van der Waals surface area contributed by atoms with Crippen molar-refractivity contribution in [2.75, 3.05) is 26.7 Å². The van der Waals surface area contributed by atoms with E-state index in [1.807, 2.05) is 47.2 Å². The largest absolute Gasteiger partial charge is 0.344 e. The molecule has 124 valence electrons. The second-order valence-corrected chi connectivity index (χ2v) is 6.61. The van der Waals surface area contributed by atoms with Gasteiger partial charge in [-0.3, -0.25) is 9.59 Å². The maximum absolute atomic E-state index is 12.4. The topological polar surface area (TPSA) is 52.6 Å². The molecular weight excluding hydrogens is 290 g/mol. The summed E-state index contributed by atoms with van der Waals surface area (Å²) in [7, 11) is 1.87. The van der Waals surface area contributed by atoms with Crippen molar-refractivity contribution in [3.8, 4) is 0 Å². The molecule has 2 fully saturated rings. The predicted molar refractivity (Wildman–Crippen MR) is 89.2 cm³/mol. The van der Waals surface area contributed by atoms with Crippen molar-refractivity contribution in [3.05, 3.63) is 35.9 Å². The van der Waals surface area contributed by atoms with Crippen LogP contribution in [0, 0.1) is 0 Å². The first-order valence-corrected chi connectivity index (χ1v) is 8.48. The molecule has 1 N–H and O–H groups in total. The van der Waals surface area contributed by atoms with Gasteiger partial charge in [-0.25, -0.2) is 0 Å². The van der Waals surface area contributed by atoms with Gasteiger partial charge in [0.15, 0.2) is 0 Å². The standard InChI is InChI=1S/C18H25N3O2/c1-20-13-16(7-8-17(20)22)19-15-9-11-21(12-10-15)18(23)14-5-3-2-4-6-14/h2-6,15-16,19H,7-13H2,1H3/t16-/m0/s1. The molecule has 2 aliphatic rings. The number of likely N-dealkylation sites (N-methyl/N-ethyl adjacent to an activating group) is 1. The van der Waals surface area contributed by atoms with E-state index in [4.69, 9.17) is 0 Å². The number of nitrogens with zero attached hydrogens (tertiary/aromatic N) is 2. The van der Waals surface area contributed by atoms with Gasteiger partial charge in [-0.1, -0.05) is 18.2 Å². The molecule has 23 heavy (non-hydrogen) atoms. The first kappa shape index (κ1) is 16.0. The van der Waals surface area contributed by atoms with Crippen LogP contribution in [0.3, 0.4) is 0 Å². The molecule has 2 aliphatic heterocycles. The Morgan fingerprint density at radius 3 is 2.43 bits per heavy atom. The van der Waals surface area contributed by atoms with Crippen molar-refractivity contribution in [1.29, 1.82) is 0 Å². The van der Waals surface area contributed by atoms with Crippen LogP contribution in [-0.2, 0) is 4.79 Å². The minimum Gasteiger partial charge on any atom is -0.344 e. The van der Waals surface area contributed by atoms with E-state index in [1.165, 1.54) is 0 Å². The summed E-state index contributed by atoms with van der Waals surface area (Å²) in [5, 5.41) is 3.68. The van der Waals surface area contributed by atoms with E-state index in [1.54, 1.807) is 0 Å². The number of rotatable bonds is 3. The van der Waals surface area contributed by atoms with Crippen LogP contribution in [0.1, 0.15) is 36.0 Å². The molecular formula is C18H25N3O2. The highest BCUT2D eigenvalue weighted by molar-refractivity contribution is 5.94. The van der Waals surface area contributed by atoms with Crippen molar-refractivity contribution in [2.24, 2.45) is 0 Å². The number of piperidine rings is 2. The maximum atomic E-state index is 12.4. The molecule has 0 radical (unpaired) electrons. The Kier molecular flexibility index (Phi) is 4.96. The fourth-order valence-electron chi connectivity index (χ4n) is 3.49. The van der Waals surface area contributed by atoms with Gasteiger partial charge in [-0.05, 0) is 31.4 Å². The summed E-state index contributed by atoms with van der Waals surface area (Å²) in [6, 6.07) is 10.3.